The number of hydrogen-bond donors (Lipinski definition) is 3. The van der Waals surface area contributed by atoms with Crippen LogP contribution in [0.25, 0.3) is 11.1 Å². The lowest BCUT2D eigenvalue weighted by Gasteiger charge is -2.34. The molecule has 1 aliphatic rings. The zero-order valence-corrected chi connectivity index (χ0v) is 21.0. The van der Waals surface area contributed by atoms with Crippen LogP contribution in [0, 0.1) is 11.6 Å². The van der Waals surface area contributed by atoms with Gasteiger partial charge in [0.05, 0.1) is 11.4 Å². The van der Waals surface area contributed by atoms with Gasteiger partial charge >= 0.3 is 6.03 Å². The third kappa shape index (κ3) is 6.43. The van der Waals surface area contributed by atoms with Crippen molar-refractivity contribution in [1.29, 1.82) is 0 Å². The van der Waals surface area contributed by atoms with Crippen LogP contribution in [0.15, 0.2) is 60.7 Å². The number of primary sulfonamides is 1. The van der Waals surface area contributed by atoms with Crippen LogP contribution < -0.4 is 20.7 Å². The maximum Gasteiger partial charge on any atom is 0.319 e. The lowest BCUT2D eigenvalue weighted by Crippen LogP contribution is -2.53. The molecule has 0 aromatic heterocycles. The fraction of sp³-hybridized carbons (Fsp3) is 0.200. The molecular weight excluding hydrogens is 526 g/mol. The predicted molar refractivity (Wildman–Crippen MR) is 138 cm³/mol. The molecule has 12 heteroatoms. The highest BCUT2D eigenvalue weighted by molar-refractivity contribution is 7.88. The molecule has 4 rings (SSSR count). The Bertz CT molecular complexity index is 1450. The number of urea groups is 1. The van der Waals surface area contributed by atoms with E-state index in [1.165, 1.54) is 23.1 Å². The Labute approximate surface area is 217 Å². The first-order valence-corrected chi connectivity index (χ1v) is 13.3. The molecule has 3 aromatic rings. The van der Waals surface area contributed by atoms with E-state index in [9.17, 15) is 22.4 Å². The van der Waals surface area contributed by atoms with Crippen molar-refractivity contribution in [3.63, 3.8) is 0 Å². The first-order chi connectivity index (χ1) is 17.5. The fourth-order valence-electron chi connectivity index (χ4n) is 4.24. The Morgan fingerprint density at radius 2 is 1.81 bits per heavy atom. The maximum atomic E-state index is 15.2. The number of halogens is 3. The molecule has 8 nitrogen and oxygen atoms in total. The number of para-hydroxylation sites is 1. The van der Waals surface area contributed by atoms with E-state index in [2.05, 4.69) is 10.6 Å². The second-order valence-electron chi connectivity index (χ2n) is 8.53. The average Bonchev–Trinajstić information content (AvgIpc) is 2.82. The van der Waals surface area contributed by atoms with Crippen molar-refractivity contribution in [3.8, 4) is 11.1 Å². The number of sulfonamides is 1. The monoisotopic (exact) mass is 548 g/mol. The van der Waals surface area contributed by atoms with Crippen molar-refractivity contribution in [2.75, 3.05) is 16.8 Å². The lowest BCUT2D eigenvalue weighted by molar-refractivity contribution is -0.121. The molecule has 1 saturated heterocycles. The number of rotatable bonds is 6. The molecule has 1 heterocycles. The highest BCUT2D eigenvalue weighted by Crippen LogP contribution is 2.37. The second-order valence-corrected chi connectivity index (χ2v) is 10.6. The van der Waals surface area contributed by atoms with Crippen LogP contribution in [0.2, 0.25) is 5.02 Å². The van der Waals surface area contributed by atoms with Crippen molar-refractivity contribution in [1.82, 2.24) is 5.32 Å². The normalized spacial score (nSPS) is 15.9. The molecule has 1 unspecified atom stereocenters. The van der Waals surface area contributed by atoms with Crippen LogP contribution >= 0.6 is 11.6 Å². The molecule has 1 atom stereocenters. The maximum absolute atomic E-state index is 15.2. The summed E-state index contributed by atoms with van der Waals surface area (Å²) in [5, 5.41) is 10.9. The van der Waals surface area contributed by atoms with Gasteiger partial charge in [-0.25, -0.2) is 27.1 Å². The molecule has 37 heavy (non-hydrogen) atoms. The van der Waals surface area contributed by atoms with E-state index in [0.29, 0.717) is 23.6 Å². The van der Waals surface area contributed by atoms with Gasteiger partial charge in [0.2, 0.25) is 15.9 Å². The van der Waals surface area contributed by atoms with Gasteiger partial charge in [-0.1, -0.05) is 29.8 Å². The summed E-state index contributed by atoms with van der Waals surface area (Å²) in [6.45, 7) is 0.142. The van der Waals surface area contributed by atoms with Gasteiger partial charge in [0.25, 0.3) is 0 Å². The molecule has 3 aromatic carbocycles. The Kier molecular flexibility index (Phi) is 7.76. The minimum absolute atomic E-state index is 0.0897. The number of piperidine rings is 1. The number of hydrogen-bond acceptors (Lipinski definition) is 4. The Morgan fingerprint density at radius 1 is 1.08 bits per heavy atom. The van der Waals surface area contributed by atoms with Gasteiger partial charge in [0.15, 0.2) is 0 Å². The molecule has 3 amide bonds. The smallest absolute Gasteiger partial charge is 0.319 e. The van der Waals surface area contributed by atoms with Crippen LogP contribution in [0.1, 0.15) is 18.4 Å². The van der Waals surface area contributed by atoms with Gasteiger partial charge in [-0.05, 0) is 66.4 Å². The number of nitrogens with one attached hydrogen (secondary N) is 2. The number of carbonyl (C=O) groups is 2. The first kappa shape index (κ1) is 26.5. The fourth-order valence-corrected chi connectivity index (χ4v) is 5.05. The number of nitrogens with zero attached hydrogens (tertiary/aromatic N) is 1. The summed E-state index contributed by atoms with van der Waals surface area (Å²) >= 11 is 5.85. The molecule has 0 aliphatic carbocycles. The Balaban J connectivity index is 1.64. The topological polar surface area (TPSA) is 122 Å². The zero-order chi connectivity index (χ0) is 26.7. The molecule has 4 N–H and O–H groups in total. The average molecular weight is 549 g/mol. The lowest BCUT2D eigenvalue weighted by atomic mass is 9.96. The van der Waals surface area contributed by atoms with Gasteiger partial charge < -0.3 is 15.5 Å². The molecule has 0 bridgehead atoms. The van der Waals surface area contributed by atoms with Crippen molar-refractivity contribution in [2.45, 2.75) is 24.6 Å². The summed E-state index contributed by atoms with van der Waals surface area (Å²) in [7, 11) is -3.99. The van der Waals surface area contributed by atoms with E-state index in [1.54, 1.807) is 24.3 Å². The molecule has 1 fully saturated rings. The highest BCUT2D eigenvalue weighted by Gasteiger charge is 2.34. The summed E-state index contributed by atoms with van der Waals surface area (Å²) in [5.41, 5.74) is 0.687. The number of benzene rings is 3. The standard InChI is InChI=1S/C25H23ClF2N4O4S/c26-16-7-10-18(11-8-16)30-25(34)31-22-5-2-12-32(24(22)33)23-19(3-1-4-21(23)28)20-13-17(27)9-6-15(20)14-37(29,35)36/h1,3-4,6-11,13,22H,2,5,12,14H2,(H2,29,35,36)(H2,30,31,34). The van der Waals surface area contributed by atoms with Crippen LogP contribution in [-0.2, 0) is 20.6 Å². The van der Waals surface area contributed by atoms with E-state index < -0.39 is 45.4 Å². The highest BCUT2D eigenvalue weighted by atomic mass is 35.5. The predicted octanol–water partition coefficient (Wildman–Crippen LogP) is 4.39. The van der Waals surface area contributed by atoms with E-state index >= 15 is 4.39 Å². The van der Waals surface area contributed by atoms with E-state index in [4.69, 9.17) is 16.7 Å². The van der Waals surface area contributed by atoms with Crippen LogP contribution in [0.4, 0.5) is 25.0 Å². The Morgan fingerprint density at radius 3 is 2.51 bits per heavy atom. The third-order valence-electron chi connectivity index (χ3n) is 5.82. The Hall–Kier alpha value is -3.54. The van der Waals surface area contributed by atoms with E-state index in [-0.39, 0.29) is 28.9 Å². The number of nitrogens with two attached hydrogens (primary N) is 1. The first-order valence-electron chi connectivity index (χ1n) is 11.2. The molecular formula is C25H23ClF2N4O4S. The van der Waals surface area contributed by atoms with Crippen molar-refractivity contribution >= 4 is 44.9 Å². The van der Waals surface area contributed by atoms with Gasteiger partial charge in [-0.2, -0.15) is 0 Å². The molecule has 1 aliphatic heterocycles. The van der Waals surface area contributed by atoms with Crippen LogP contribution in [0.5, 0.6) is 0 Å². The number of carbonyl (C=O) groups excluding carboxylic acids is 2. The number of amides is 3. The van der Waals surface area contributed by atoms with Crippen molar-refractivity contribution in [2.24, 2.45) is 5.14 Å². The molecule has 0 saturated carbocycles. The van der Waals surface area contributed by atoms with Gasteiger partial charge in [-0.3, -0.25) is 4.79 Å². The van der Waals surface area contributed by atoms with Crippen molar-refractivity contribution in [3.05, 3.63) is 82.9 Å². The van der Waals surface area contributed by atoms with Gasteiger partial charge in [0.1, 0.15) is 17.7 Å². The minimum atomic E-state index is -3.99. The molecule has 194 valence electrons. The van der Waals surface area contributed by atoms with Crippen LogP contribution in [0.3, 0.4) is 0 Å². The van der Waals surface area contributed by atoms with Gasteiger partial charge in [-0.15, -0.1) is 0 Å². The largest absolute Gasteiger partial charge is 0.326 e. The molecule has 0 radical (unpaired) electrons. The van der Waals surface area contributed by atoms with E-state index in [0.717, 1.165) is 18.2 Å². The summed E-state index contributed by atoms with van der Waals surface area (Å²) in [4.78, 5) is 27.1. The summed E-state index contributed by atoms with van der Waals surface area (Å²) < 4.78 is 53.0. The third-order valence-corrected chi connectivity index (χ3v) is 6.79. The number of anilines is 2. The summed E-state index contributed by atoms with van der Waals surface area (Å²) in [6.07, 6.45) is 0.766. The summed E-state index contributed by atoms with van der Waals surface area (Å²) in [5.74, 6) is -2.61. The summed E-state index contributed by atoms with van der Waals surface area (Å²) in [6, 6.07) is 12.2. The quantitative estimate of drug-likeness (QED) is 0.423. The SMILES string of the molecule is NS(=O)(=O)Cc1ccc(F)cc1-c1cccc(F)c1N1CCCC(NC(=O)Nc2ccc(Cl)cc2)C1=O. The van der Waals surface area contributed by atoms with Crippen molar-refractivity contribution < 1.29 is 26.8 Å². The van der Waals surface area contributed by atoms with Gasteiger partial charge in [0, 0.05) is 22.8 Å². The molecule has 0 spiro atoms. The zero-order valence-electron chi connectivity index (χ0n) is 19.4. The minimum Gasteiger partial charge on any atom is -0.326 e. The van der Waals surface area contributed by atoms with Crippen LogP contribution in [-0.4, -0.2) is 32.9 Å². The second kappa shape index (κ2) is 10.8. The van der Waals surface area contributed by atoms with E-state index in [1.807, 2.05) is 0 Å².